The highest BCUT2D eigenvalue weighted by Gasteiger charge is 2.30. The molecule has 3 heterocycles. The smallest absolute Gasteiger partial charge is 0.255 e. The fourth-order valence-electron chi connectivity index (χ4n) is 3.70. The summed E-state index contributed by atoms with van der Waals surface area (Å²) in [6.45, 7) is 3.33. The quantitative estimate of drug-likeness (QED) is 0.847. The van der Waals surface area contributed by atoms with Gasteiger partial charge >= 0.3 is 0 Å². The number of rotatable bonds is 2. The van der Waals surface area contributed by atoms with Crippen molar-refractivity contribution in [3.63, 3.8) is 0 Å². The Morgan fingerprint density at radius 2 is 2.22 bits per heavy atom. The topological polar surface area (TPSA) is 59.2 Å². The molecule has 1 saturated heterocycles. The van der Waals surface area contributed by atoms with Gasteiger partial charge in [-0.05, 0) is 44.1 Å². The predicted molar refractivity (Wildman–Crippen MR) is 87.9 cm³/mol. The molecule has 2 aromatic heterocycles. The number of fused-ring (bicyclic) bond motifs is 1. The van der Waals surface area contributed by atoms with Crippen LogP contribution in [0, 0.1) is 6.92 Å². The van der Waals surface area contributed by atoms with Crippen LogP contribution in [-0.2, 0) is 12.8 Å². The van der Waals surface area contributed by atoms with Gasteiger partial charge in [-0.25, -0.2) is 0 Å². The fourth-order valence-corrected chi connectivity index (χ4v) is 4.82. The molecule has 23 heavy (non-hydrogen) atoms. The zero-order chi connectivity index (χ0) is 15.8. The number of carbonyl (C=O) groups is 1. The van der Waals surface area contributed by atoms with Crippen LogP contribution in [0.3, 0.4) is 0 Å². The minimum absolute atomic E-state index is 0.189. The Kier molecular flexibility index (Phi) is 3.93. The van der Waals surface area contributed by atoms with Crippen LogP contribution in [0.25, 0.3) is 0 Å². The van der Waals surface area contributed by atoms with Crippen LogP contribution in [0.15, 0.2) is 9.90 Å². The molecule has 0 saturated carbocycles. The predicted octanol–water partition coefficient (Wildman–Crippen LogP) is 3.34. The van der Waals surface area contributed by atoms with Crippen molar-refractivity contribution in [1.29, 1.82) is 0 Å². The van der Waals surface area contributed by atoms with E-state index in [9.17, 15) is 4.79 Å². The molecule has 1 amide bonds. The Morgan fingerprint density at radius 1 is 1.35 bits per heavy atom. The van der Waals surface area contributed by atoms with Crippen LogP contribution in [-0.4, -0.2) is 34.0 Å². The van der Waals surface area contributed by atoms with Gasteiger partial charge in [0.25, 0.3) is 5.91 Å². The molecule has 0 aromatic carbocycles. The molecule has 4 rings (SSSR count). The third kappa shape index (κ3) is 2.80. The average molecular weight is 331 g/mol. The van der Waals surface area contributed by atoms with Gasteiger partial charge < -0.3 is 9.42 Å². The molecule has 0 spiro atoms. The third-order valence-corrected chi connectivity index (χ3v) is 6.00. The monoisotopic (exact) mass is 331 g/mol. The molecule has 1 atom stereocenters. The van der Waals surface area contributed by atoms with Crippen molar-refractivity contribution >= 4 is 17.2 Å². The number of aromatic nitrogens is 2. The van der Waals surface area contributed by atoms with Gasteiger partial charge in [0.2, 0.25) is 5.89 Å². The normalized spacial score (nSPS) is 21.3. The number of amides is 1. The van der Waals surface area contributed by atoms with Crippen molar-refractivity contribution in [3.05, 3.63) is 33.1 Å². The van der Waals surface area contributed by atoms with E-state index >= 15 is 0 Å². The summed E-state index contributed by atoms with van der Waals surface area (Å²) in [4.78, 5) is 20.7. The second-order valence-electron chi connectivity index (χ2n) is 6.52. The number of hydrogen-bond donors (Lipinski definition) is 0. The van der Waals surface area contributed by atoms with E-state index in [0.717, 1.165) is 43.6 Å². The molecule has 1 fully saturated rings. The van der Waals surface area contributed by atoms with Crippen molar-refractivity contribution in [2.24, 2.45) is 0 Å². The van der Waals surface area contributed by atoms with Gasteiger partial charge in [-0.3, -0.25) is 4.79 Å². The zero-order valence-electron chi connectivity index (χ0n) is 13.4. The van der Waals surface area contributed by atoms with Gasteiger partial charge in [-0.15, -0.1) is 11.3 Å². The summed E-state index contributed by atoms with van der Waals surface area (Å²) >= 11 is 1.76. The first-order chi connectivity index (χ1) is 11.2. The van der Waals surface area contributed by atoms with Crippen LogP contribution in [0.4, 0.5) is 0 Å². The molecular formula is C17H21N3O2S. The second-order valence-corrected chi connectivity index (χ2v) is 7.48. The van der Waals surface area contributed by atoms with Crippen molar-refractivity contribution in [2.75, 3.05) is 13.1 Å². The second kappa shape index (κ2) is 6.07. The number of aryl methyl sites for hydroxylation is 2. The van der Waals surface area contributed by atoms with E-state index in [2.05, 4.69) is 15.5 Å². The highest BCUT2D eigenvalue weighted by atomic mass is 32.1. The lowest BCUT2D eigenvalue weighted by atomic mass is 9.93. The Bertz CT molecular complexity index is 721. The lowest BCUT2D eigenvalue weighted by molar-refractivity contribution is 0.0703. The molecule has 2 aromatic rings. The van der Waals surface area contributed by atoms with Crippen LogP contribution in [0.5, 0.6) is 0 Å². The Morgan fingerprint density at radius 3 is 3.04 bits per heavy atom. The van der Waals surface area contributed by atoms with Crippen LogP contribution in [0.1, 0.15) is 64.1 Å². The van der Waals surface area contributed by atoms with Gasteiger partial charge in [0.05, 0.1) is 5.56 Å². The van der Waals surface area contributed by atoms with E-state index in [1.54, 1.807) is 18.3 Å². The van der Waals surface area contributed by atoms with Crippen molar-refractivity contribution < 1.29 is 9.32 Å². The molecule has 6 heteroatoms. The summed E-state index contributed by atoms with van der Waals surface area (Å²) in [5.41, 5.74) is 2.25. The van der Waals surface area contributed by atoms with Gasteiger partial charge in [-0.2, -0.15) is 4.98 Å². The highest BCUT2D eigenvalue weighted by molar-refractivity contribution is 7.10. The van der Waals surface area contributed by atoms with E-state index in [1.807, 2.05) is 4.90 Å². The number of piperidine rings is 1. The maximum atomic E-state index is 13.0. The first kappa shape index (κ1) is 14.9. The van der Waals surface area contributed by atoms with Crippen LogP contribution >= 0.6 is 11.3 Å². The summed E-state index contributed by atoms with van der Waals surface area (Å²) < 4.78 is 5.10. The molecule has 0 unspecified atom stereocenters. The molecule has 122 valence electrons. The van der Waals surface area contributed by atoms with Crippen molar-refractivity contribution in [2.45, 2.75) is 51.4 Å². The first-order valence-electron chi connectivity index (χ1n) is 8.41. The number of nitrogens with zero attached hydrogens (tertiary/aromatic N) is 3. The van der Waals surface area contributed by atoms with E-state index in [4.69, 9.17) is 4.52 Å². The van der Waals surface area contributed by atoms with Crippen molar-refractivity contribution in [3.8, 4) is 0 Å². The fraction of sp³-hybridized carbons (Fsp3) is 0.588. The van der Waals surface area contributed by atoms with Gasteiger partial charge in [0, 0.05) is 36.2 Å². The average Bonchev–Trinajstić information content (AvgIpc) is 3.20. The molecule has 5 nitrogen and oxygen atoms in total. The highest BCUT2D eigenvalue weighted by Crippen LogP contribution is 2.32. The summed E-state index contributed by atoms with van der Waals surface area (Å²) in [7, 11) is 0. The molecule has 2 aliphatic rings. The van der Waals surface area contributed by atoms with Crippen LogP contribution < -0.4 is 0 Å². The standard InChI is InChI=1S/C17H21N3O2S/c1-11-18-16(19-22-11)12-5-4-8-20(9-12)17(21)14-10-23-15-7-3-2-6-13(14)15/h10,12H,2-9H2,1H3/t12-/m0/s1. The zero-order valence-corrected chi connectivity index (χ0v) is 14.2. The minimum Gasteiger partial charge on any atom is -0.340 e. The molecule has 1 aliphatic heterocycles. The number of thiophene rings is 1. The maximum absolute atomic E-state index is 13.0. The van der Waals surface area contributed by atoms with Gasteiger partial charge in [0.15, 0.2) is 5.82 Å². The van der Waals surface area contributed by atoms with E-state index in [-0.39, 0.29) is 11.8 Å². The summed E-state index contributed by atoms with van der Waals surface area (Å²) in [6, 6.07) is 0. The molecule has 0 radical (unpaired) electrons. The summed E-state index contributed by atoms with van der Waals surface area (Å²) in [6.07, 6.45) is 6.67. The van der Waals surface area contributed by atoms with Crippen molar-refractivity contribution in [1.82, 2.24) is 15.0 Å². The van der Waals surface area contributed by atoms with Gasteiger partial charge in [-0.1, -0.05) is 5.16 Å². The largest absolute Gasteiger partial charge is 0.340 e. The minimum atomic E-state index is 0.189. The number of likely N-dealkylation sites (tertiary alicyclic amines) is 1. The Balaban J connectivity index is 1.53. The van der Waals surface area contributed by atoms with Crippen LogP contribution in [0.2, 0.25) is 0 Å². The number of hydrogen-bond acceptors (Lipinski definition) is 5. The van der Waals surface area contributed by atoms with Gasteiger partial charge in [0.1, 0.15) is 0 Å². The SMILES string of the molecule is Cc1nc([C@H]2CCCN(C(=O)c3csc4c3CCCC4)C2)no1. The molecule has 0 bridgehead atoms. The molecule has 1 aliphatic carbocycles. The summed E-state index contributed by atoms with van der Waals surface area (Å²) in [5, 5.41) is 6.11. The maximum Gasteiger partial charge on any atom is 0.255 e. The van der Waals surface area contributed by atoms with E-state index < -0.39 is 0 Å². The molecule has 0 N–H and O–H groups in total. The molecular weight excluding hydrogens is 310 g/mol. The lowest BCUT2D eigenvalue weighted by Crippen LogP contribution is -2.39. The third-order valence-electron chi connectivity index (χ3n) is 4.91. The number of carbonyl (C=O) groups excluding carboxylic acids is 1. The first-order valence-corrected chi connectivity index (χ1v) is 9.29. The lowest BCUT2D eigenvalue weighted by Gasteiger charge is -2.31. The van der Waals surface area contributed by atoms with E-state index in [1.165, 1.54) is 23.3 Å². The summed E-state index contributed by atoms with van der Waals surface area (Å²) in [5.74, 6) is 1.72. The Labute approximate surface area is 139 Å². The Hall–Kier alpha value is -1.69. The van der Waals surface area contributed by atoms with E-state index in [0.29, 0.717) is 12.4 Å².